The van der Waals surface area contributed by atoms with Gasteiger partial charge in [0.25, 0.3) is 0 Å². The molecule has 0 unspecified atom stereocenters. The summed E-state index contributed by atoms with van der Waals surface area (Å²) in [5, 5.41) is 0. The lowest BCUT2D eigenvalue weighted by molar-refractivity contribution is 0.0763. The van der Waals surface area contributed by atoms with Crippen LogP contribution in [0.25, 0.3) is 0 Å². The maximum Gasteiger partial charge on any atom is 0.137 e. The SMILES string of the molecule is Nc1ccc(OCCOCCOc2ccc(N)nc2)cn1. The van der Waals surface area contributed by atoms with E-state index in [0.29, 0.717) is 49.6 Å². The molecule has 2 rings (SSSR count). The first kappa shape index (κ1) is 14.9. The summed E-state index contributed by atoms with van der Waals surface area (Å²) in [7, 11) is 0. The number of rotatable bonds is 8. The van der Waals surface area contributed by atoms with E-state index in [4.69, 9.17) is 25.7 Å². The van der Waals surface area contributed by atoms with E-state index in [-0.39, 0.29) is 0 Å². The Balaban J connectivity index is 1.52. The van der Waals surface area contributed by atoms with Gasteiger partial charge in [-0.05, 0) is 24.3 Å². The lowest BCUT2D eigenvalue weighted by Crippen LogP contribution is -2.12. The Morgan fingerprint density at radius 1 is 0.714 bits per heavy atom. The summed E-state index contributed by atoms with van der Waals surface area (Å²) in [5.41, 5.74) is 11.0. The van der Waals surface area contributed by atoms with Gasteiger partial charge >= 0.3 is 0 Å². The average molecular weight is 290 g/mol. The minimum absolute atomic E-state index is 0.440. The molecule has 7 heteroatoms. The van der Waals surface area contributed by atoms with Crippen molar-refractivity contribution in [2.45, 2.75) is 0 Å². The summed E-state index contributed by atoms with van der Waals surface area (Å²) >= 11 is 0. The normalized spacial score (nSPS) is 10.3. The topological polar surface area (TPSA) is 106 Å². The second-order valence-electron chi connectivity index (χ2n) is 4.15. The van der Waals surface area contributed by atoms with Crippen LogP contribution in [0.4, 0.5) is 11.6 Å². The third-order valence-corrected chi connectivity index (χ3v) is 2.51. The van der Waals surface area contributed by atoms with E-state index >= 15 is 0 Å². The summed E-state index contributed by atoms with van der Waals surface area (Å²) in [6.07, 6.45) is 3.15. The highest BCUT2D eigenvalue weighted by Gasteiger charge is 1.96. The molecule has 0 aliphatic heterocycles. The molecule has 112 valence electrons. The predicted molar refractivity (Wildman–Crippen MR) is 79.1 cm³/mol. The lowest BCUT2D eigenvalue weighted by atomic mass is 10.4. The van der Waals surface area contributed by atoms with E-state index in [0.717, 1.165) is 0 Å². The van der Waals surface area contributed by atoms with Gasteiger partial charge < -0.3 is 25.7 Å². The molecule has 0 aliphatic carbocycles. The zero-order valence-corrected chi connectivity index (χ0v) is 11.6. The first-order chi connectivity index (χ1) is 10.2. The molecule has 2 heterocycles. The van der Waals surface area contributed by atoms with Crippen molar-refractivity contribution >= 4 is 11.6 Å². The van der Waals surface area contributed by atoms with Gasteiger partial charge in [0.15, 0.2) is 0 Å². The van der Waals surface area contributed by atoms with Gasteiger partial charge in [0, 0.05) is 0 Å². The molecular formula is C14H18N4O3. The first-order valence-corrected chi connectivity index (χ1v) is 6.50. The van der Waals surface area contributed by atoms with E-state index in [9.17, 15) is 0 Å². The van der Waals surface area contributed by atoms with Crippen LogP contribution in [0.5, 0.6) is 11.5 Å². The van der Waals surface area contributed by atoms with E-state index in [1.54, 1.807) is 36.7 Å². The maximum absolute atomic E-state index is 5.48. The quantitative estimate of drug-likeness (QED) is 0.701. The number of hydrogen-bond donors (Lipinski definition) is 2. The summed E-state index contributed by atoms with van der Waals surface area (Å²) in [4.78, 5) is 7.85. The fraction of sp³-hybridized carbons (Fsp3) is 0.286. The van der Waals surface area contributed by atoms with Crippen molar-refractivity contribution in [3.05, 3.63) is 36.7 Å². The van der Waals surface area contributed by atoms with Crippen LogP contribution in [-0.2, 0) is 4.74 Å². The molecule has 21 heavy (non-hydrogen) atoms. The molecule has 0 amide bonds. The van der Waals surface area contributed by atoms with Gasteiger partial charge in [-0.25, -0.2) is 9.97 Å². The first-order valence-electron chi connectivity index (χ1n) is 6.50. The van der Waals surface area contributed by atoms with Gasteiger partial charge in [0.1, 0.15) is 36.3 Å². The molecule has 0 aromatic carbocycles. The molecule has 0 atom stereocenters. The summed E-state index contributed by atoms with van der Waals surface area (Å²) in [6.45, 7) is 1.81. The summed E-state index contributed by atoms with van der Waals surface area (Å²) in [5.74, 6) is 2.26. The van der Waals surface area contributed by atoms with Gasteiger partial charge in [0.05, 0.1) is 25.6 Å². The van der Waals surface area contributed by atoms with Gasteiger partial charge in [-0.1, -0.05) is 0 Å². The minimum atomic E-state index is 0.440. The van der Waals surface area contributed by atoms with E-state index < -0.39 is 0 Å². The van der Waals surface area contributed by atoms with Crippen LogP contribution in [0.1, 0.15) is 0 Å². The number of hydrogen-bond acceptors (Lipinski definition) is 7. The van der Waals surface area contributed by atoms with Crippen molar-refractivity contribution in [2.24, 2.45) is 0 Å². The number of nitrogen functional groups attached to an aromatic ring is 2. The molecule has 0 saturated carbocycles. The molecule has 0 bridgehead atoms. The van der Waals surface area contributed by atoms with Crippen molar-refractivity contribution in [2.75, 3.05) is 37.9 Å². The Bertz CT molecular complexity index is 481. The van der Waals surface area contributed by atoms with Gasteiger partial charge in [-0.2, -0.15) is 0 Å². The Morgan fingerprint density at radius 2 is 1.19 bits per heavy atom. The smallest absolute Gasteiger partial charge is 0.137 e. The Kier molecular flexibility index (Phi) is 5.60. The third-order valence-electron chi connectivity index (χ3n) is 2.51. The van der Waals surface area contributed by atoms with E-state index in [2.05, 4.69) is 9.97 Å². The van der Waals surface area contributed by atoms with Crippen LogP contribution in [0.3, 0.4) is 0 Å². The number of nitrogens with zero attached hydrogens (tertiary/aromatic N) is 2. The van der Waals surface area contributed by atoms with Gasteiger partial charge in [0.2, 0.25) is 0 Å². The largest absolute Gasteiger partial charge is 0.490 e. The molecule has 7 nitrogen and oxygen atoms in total. The molecule has 0 saturated heterocycles. The molecule has 2 aromatic heterocycles. The monoisotopic (exact) mass is 290 g/mol. The highest BCUT2D eigenvalue weighted by molar-refractivity contribution is 5.32. The van der Waals surface area contributed by atoms with Crippen LogP contribution in [0.2, 0.25) is 0 Å². The van der Waals surface area contributed by atoms with Crippen LogP contribution in [0.15, 0.2) is 36.7 Å². The van der Waals surface area contributed by atoms with Crippen molar-refractivity contribution in [1.82, 2.24) is 9.97 Å². The van der Waals surface area contributed by atoms with Crippen LogP contribution in [-0.4, -0.2) is 36.4 Å². The Morgan fingerprint density at radius 3 is 1.57 bits per heavy atom. The molecule has 0 aliphatic rings. The van der Waals surface area contributed by atoms with Gasteiger partial charge in [-0.3, -0.25) is 0 Å². The van der Waals surface area contributed by atoms with Crippen molar-refractivity contribution < 1.29 is 14.2 Å². The van der Waals surface area contributed by atoms with Crippen molar-refractivity contribution in [3.63, 3.8) is 0 Å². The summed E-state index contributed by atoms with van der Waals surface area (Å²) < 4.78 is 16.2. The lowest BCUT2D eigenvalue weighted by Gasteiger charge is -2.08. The number of ether oxygens (including phenoxy) is 3. The minimum Gasteiger partial charge on any atom is -0.490 e. The second-order valence-corrected chi connectivity index (χ2v) is 4.15. The Labute approximate surface area is 122 Å². The van der Waals surface area contributed by atoms with Crippen LogP contribution < -0.4 is 20.9 Å². The maximum atomic E-state index is 5.48. The fourth-order valence-corrected chi connectivity index (χ4v) is 1.49. The van der Waals surface area contributed by atoms with Crippen molar-refractivity contribution in [3.8, 4) is 11.5 Å². The zero-order chi connectivity index (χ0) is 14.9. The molecule has 0 fully saturated rings. The van der Waals surface area contributed by atoms with Crippen LogP contribution in [0, 0.1) is 0 Å². The fourth-order valence-electron chi connectivity index (χ4n) is 1.49. The van der Waals surface area contributed by atoms with E-state index in [1.807, 2.05) is 0 Å². The number of anilines is 2. The molecule has 0 radical (unpaired) electrons. The Hall–Kier alpha value is -2.54. The standard InChI is InChI=1S/C14H18N4O3/c15-13-3-1-11(9-17-13)20-7-5-19-6-8-21-12-2-4-14(16)18-10-12/h1-4,9-10H,5-8H2,(H2,15,17)(H2,16,18). The number of aromatic nitrogens is 2. The predicted octanol–water partition coefficient (Wildman–Crippen LogP) is 1.12. The molecule has 0 spiro atoms. The van der Waals surface area contributed by atoms with Crippen molar-refractivity contribution in [1.29, 1.82) is 0 Å². The molecule has 4 N–H and O–H groups in total. The molecule has 2 aromatic rings. The van der Waals surface area contributed by atoms with Gasteiger partial charge in [-0.15, -0.1) is 0 Å². The third kappa shape index (κ3) is 5.53. The zero-order valence-electron chi connectivity index (χ0n) is 11.6. The second kappa shape index (κ2) is 7.91. The average Bonchev–Trinajstić information content (AvgIpc) is 2.50. The van der Waals surface area contributed by atoms with Crippen LogP contribution >= 0.6 is 0 Å². The summed E-state index contributed by atoms with van der Waals surface area (Å²) in [6, 6.07) is 6.90. The molecular weight excluding hydrogens is 272 g/mol. The number of nitrogens with two attached hydrogens (primary N) is 2. The van der Waals surface area contributed by atoms with E-state index in [1.165, 1.54) is 0 Å². The highest BCUT2D eigenvalue weighted by Crippen LogP contribution is 2.10. The number of pyridine rings is 2. The highest BCUT2D eigenvalue weighted by atomic mass is 16.5.